The lowest BCUT2D eigenvalue weighted by atomic mass is 10.3. The van der Waals surface area contributed by atoms with E-state index in [1.165, 1.54) is 12.4 Å². The monoisotopic (exact) mass is 393 g/mol. The minimum absolute atomic E-state index is 0.221. The van der Waals surface area contributed by atoms with Crippen LogP contribution in [0.1, 0.15) is 11.4 Å². The van der Waals surface area contributed by atoms with Crippen molar-refractivity contribution in [2.45, 2.75) is 6.18 Å². The lowest BCUT2D eigenvalue weighted by Crippen LogP contribution is -2.11. The smallest absolute Gasteiger partial charge is 0.382 e. The van der Waals surface area contributed by atoms with Gasteiger partial charge in [0.15, 0.2) is 5.69 Å². The van der Waals surface area contributed by atoms with Crippen LogP contribution < -0.4 is 5.73 Å². The summed E-state index contributed by atoms with van der Waals surface area (Å²) in [4.78, 5) is 7.87. The zero-order chi connectivity index (χ0) is 14.8. The summed E-state index contributed by atoms with van der Waals surface area (Å²) in [7, 11) is 0. The molecule has 0 amide bonds. The number of nitrogen functional groups attached to an aromatic ring is 1. The standard InChI is InChI=1S/C11H7F3IN5/c12-11(13,14)9-4-6(15)8(19-20-9)5-18-7-2-1-3-17-10(7)16/h1-5H,(H2,16,17). The van der Waals surface area contributed by atoms with Gasteiger partial charge in [-0.1, -0.05) is 0 Å². The largest absolute Gasteiger partial charge is 0.435 e. The van der Waals surface area contributed by atoms with Gasteiger partial charge in [-0.3, -0.25) is 4.99 Å². The maximum Gasteiger partial charge on any atom is 0.435 e. The van der Waals surface area contributed by atoms with Gasteiger partial charge in [-0.05, 0) is 40.8 Å². The number of aromatic nitrogens is 3. The Labute approximate surface area is 125 Å². The molecule has 0 bridgehead atoms. The van der Waals surface area contributed by atoms with Crippen molar-refractivity contribution in [3.8, 4) is 0 Å². The number of halogens is 4. The van der Waals surface area contributed by atoms with Gasteiger partial charge in [0.05, 0.1) is 6.21 Å². The summed E-state index contributed by atoms with van der Waals surface area (Å²) in [5, 5.41) is 6.63. The average Bonchev–Trinajstić information content (AvgIpc) is 2.38. The SMILES string of the molecule is Nc1ncccc1N=Cc1nnc(C(F)(F)F)cc1I. The van der Waals surface area contributed by atoms with Gasteiger partial charge in [0.1, 0.15) is 17.2 Å². The van der Waals surface area contributed by atoms with Gasteiger partial charge < -0.3 is 5.73 Å². The molecule has 0 aliphatic carbocycles. The fourth-order valence-electron chi connectivity index (χ4n) is 1.25. The Kier molecular flexibility index (Phi) is 4.16. The Morgan fingerprint density at radius 3 is 2.65 bits per heavy atom. The highest BCUT2D eigenvalue weighted by Gasteiger charge is 2.33. The molecule has 0 fully saturated rings. The maximum atomic E-state index is 12.4. The zero-order valence-corrected chi connectivity index (χ0v) is 11.9. The van der Waals surface area contributed by atoms with E-state index in [-0.39, 0.29) is 15.1 Å². The first kappa shape index (κ1) is 14.6. The molecule has 2 heterocycles. The Balaban J connectivity index is 2.29. The number of nitrogens with zero attached hydrogens (tertiary/aromatic N) is 4. The summed E-state index contributed by atoms with van der Waals surface area (Å²) in [6.45, 7) is 0. The Hall–Kier alpha value is -1.78. The maximum absolute atomic E-state index is 12.4. The molecule has 5 nitrogen and oxygen atoms in total. The van der Waals surface area contributed by atoms with E-state index in [2.05, 4.69) is 20.2 Å². The molecule has 0 spiro atoms. The second kappa shape index (κ2) is 5.69. The van der Waals surface area contributed by atoms with Crippen LogP contribution >= 0.6 is 22.6 Å². The molecular formula is C11H7F3IN5. The van der Waals surface area contributed by atoms with E-state index in [9.17, 15) is 13.2 Å². The van der Waals surface area contributed by atoms with Crippen molar-refractivity contribution < 1.29 is 13.2 Å². The molecule has 0 aliphatic heterocycles. The lowest BCUT2D eigenvalue weighted by molar-refractivity contribution is -0.141. The average molecular weight is 393 g/mol. The van der Waals surface area contributed by atoms with Gasteiger partial charge in [-0.15, -0.1) is 10.2 Å². The predicted octanol–water partition coefficient (Wildman–Crippen LogP) is 2.83. The Morgan fingerprint density at radius 2 is 2.05 bits per heavy atom. The van der Waals surface area contributed by atoms with Crippen LogP contribution in [0.15, 0.2) is 29.4 Å². The van der Waals surface area contributed by atoms with Crippen LogP contribution in [0.2, 0.25) is 0 Å². The van der Waals surface area contributed by atoms with Crippen LogP contribution in [-0.2, 0) is 6.18 Å². The van der Waals surface area contributed by atoms with E-state index in [1.54, 1.807) is 34.7 Å². The third-order valence-electron chi connectivity index (χ3n) is 2.21. The molecule has 2 rings (SSSR count). The molecule has 0 saturated carbocycles. The number of aliphatic imine (C=N–C) groups is 1. The molecule has 0 atom stereocenters. The molecule has 20 heavy (non-hydrogen) atoms. The number of hydrogen-bond acceptors (Lipinski definition) is 5. The van der Waals surface area contributed by atoms with Crippen LogP contribution in [0.5, 0.6) is 0 Å². The summed E-state index contributed by atoms with van der Waals surface area (Å²) >= 11 is 1.74. The predicted molar refractivity (Wildman–Crippen MR) is 75.7 cm³/mol. The summed E-state index contributed by atoms with van der Waals surface area (Å²) in [5.74, 6) is 0.221. The minimum atomic E-state index is -4.52. The van der Waals surface area contributed by atoms with E-state index >= 15 is 0 Å². The minimum Gasteiger partial charge on any atom is -0.382 e. The van der Waals surface area contributed by atoms with Crippen LogP contribution in [0, 0.1) is 3.57 Å². The first-order valence-corrected chi connectivity index (χ1v) is 6.31. The van der Waals surface area contributed by atoms with Gasteiger partial charge in [0, 0.05) is 9.77 Å². The lowest BCUT2D eigenvalue weighted by Gasteiger charge is -2.05. The second-order valence-electron chi connectivity index (χ2n) is 3.63. The van der Waals surface area contributed by atoms with Gasteiger partial charge in [-0.25, -0.2) is 4.98 Å². The van der Waals surface area contributed by atoms with Crippen molar-refractivity contribution in [1.82, 2.24) is 15.2 Å². The fourth-order valence-corrected chi connectivity index (χ4v) is 1.80. The molecule has 9 heteroatoms. The quantitative estimate of drug-likeness (QED) is 0.629. The summed E-state index contributed by atoms with van der Waals surface area (Å²) in [6, 6.07) is 4.18. The van der Waals surface area contributed by atoms with Crippen molar-refractivity contribution in [1.29, 1.82) is 0 Å². The molecule has 2 aromatic heterocycles. The number of alkyl halides is 3. The van der Waals surface area contributed by atoms with E-state index in [0.717, 1.165) is 6.07 Å². The van der Waals surface area contributed by atoms with E-state index in [1.807, 2.05) is 0 Å². The molecule has 0 radical (unpaired) electrons. The van der Waals surface area contributed by atoms with Crippen molar-refractivity contribution in [2.75, 3.05) is 5.73 Å². The molecule has 0 aromatic carbocycles. The topological polar surface area (TPSA) is 77.0 Å². The Bertz CT molecular complexity index is 657. The molecule has 0 aliphatic rings. The molecule has 2 N–H and O–H groups in total. The molecule has 0 saturated heterocycles. The van der Waals surface area contributed by atoms with E-state index < -0.39 is 11.9 Å². The van der Waals surface area contributed by atoms with E-state index in [0.29, 0.717) is 5.69 Å². The van der Waals surface area contributed by atoms with Gasteiger partial charge in [-0.2, -0.15) is 13.2 Å². The van der Waals surface area contributed by atoms with Crippen LogP contribution in [0.3, 0.4) is 0 Å². The highest BCUT2D eigenvalue weighted by Crippen LogP contribution is 2.28. The van der Waals surface area contributed by atoms with Gasteiger partial charge >= 0.3 is 6.18 Å². The van der Waals surface area contributed by atoms with Gasteiger partial charge in [0.2, 0.25) is 0 Å². The van der Waals surface area contributed by atoms with Crippen molar-refractivity contribution in [3.05, 3.63) is 39.4 Å². The van der Waals surface area contributed by atoms with Crippen molar-refractivity contribution >= 4 is 40.3 Å². The van der Waals surface area contributed by atoms with Crippen molar-refractivity contribution in [2.24, 2.45) is 4.99 Å². The first-order valence-electron chi connectivity index (χ1n) is 5.23. The first-order chi connectivity index (χ1) is 9.38. The van der Waals surface area contributed by atoms with Crippen LogP contribution in [-0.4, -0.2) is 21.4 Å². The second-order valence-corrected chi connectivity index (χ2v) is 4.79. The number of hydrogen-bond donors (Lipinski definition) is 1. The van der Waals surface area contributed by atoms with E-state index in [4.69, 9.17) is 5.73 Å². The number of nitrogens with two attached hydrogens (primary N) is 1. The number of rotatable bonds is 2. The van der Waals surface area contributed by atoms with Crippen LogP contribution in [0.4, 0.5) is 24.7 Å². The van der Waals surface area contributed by atoms with Crippen LogP contribution in [0.25, 0.3) is 0 Å². The summed E-state index contributed by atoms with van der Waals surface area (Å²) < 4.78 is 37.6. The third-order valence-corrected chi connectivity index (χ3v) is 3.07. The van der Waals surface area contributed by atoms with Gasteiger partial charge in [0.25, 0.3) is 0 Å². The normalized spacial score (nSPS) is 12.0. The molecule has 104 valence electrons. The Morgan fingerprint density at radius 1 is 1.30 bits per heavy atom. The number of anilines is 1. The summed E-state index contributed by atoms with van der Waals surface area (Å²) in [6.07, 6.45) is -1.71. The summed E-state index contributed by atoms with van der Waals surface area (Å²) in [5.41, 5.74) is 5.18. The molecule has 2 aromatic rings. The fraction of sp³-hybridized carbons (Fsp3) is 0.0909. The zero-order valence-electron chi connectivity index (χ0n) is 9.76. The molecular weight excluding hydrogens is 386 g/mol. The highest BCUT2D eigenvalue weighted by molar-refractivity contribution is 14.1. The third kappa shape index (κ3) is 3.40. The molecule has 0 unspecified atom stereocenters. The van der Waals surface area contributed by atoms with Crippen molar-refractivity contribution in [3.63, 3.8) is 0 Å². The number of pyridine rings is 1. The highest BCUT2D eigenvalue weighted by atomic mass is 127.